The molecule has 2 fully saturated rings. The van der Waals surface area contributed by atoms with Crippen LogP contribution in [-0.2, 0) is 9.47 Å². The number of hydrogen-bond donors (Lipinski definition) is 1. The second-order valence-corrected chi connectivity index (χ2v) is 4.87. The minimum absolute atomic E-state index is 0. The Balaban J connectivity index is 0.00000112. The molecule has 0 saturated carbocycles. The Kier molecular flexibility index (Phi) is 4.84. The highest BCUT2D eigenvalue weighted by molar-refractivity contribution is 5.85. The van der Waals surface area contributed by atoms with Crippen molar-refractivity contribution in [2.24, 2.45) is 5.92 Å². The molecule has 0 radical (unpaired) electrons. The summed E-state index contributed by atoms with van der Waals surface area (Å²) in [6.45, 7) is 7.02. The van der Waals surface area contributed by atoms with Gasteiger partial charge in [0.1, 0.15) is 5.72 Å². The summed E-state index contributed by atoms with van der Waals surface area (Å²) in [6.07, 6.45) is 3.57. The molecule has 2 heterocycles. The molecule has 90 valence electrons. The SMILES string of the molecule is CC1COC(C)(CC2CCCOC2)N1.Cl. The average molecular weight is 236 g/mol. The van der Waals surface area contributed by atoms with Crippen LogP contribution < -0.4 is 5.32 Å². The molecule has 0 aromatic rings. The van der Waals surface area contributed by atoms with E-state index in [9.17, 15) is 0 Å². The van der Waals surface area contributed by atoms with E-state index >= 15 is 0 Å². The van der Waals surface area contributed by atoms with Gasteiger partial charge in [-0.3, -0.25) is 5.32 Å². The summed E-state index contributed by atoms with van der Waals surface area (Å²) in [5.74, 6) is 0.673. The average Bonchev–Trinajstić information content (AvgIpc) is 2.47. The number of ether oxygens (including phenoxy) is 2. The number of hydrogen-bond acceptors (Lipinski definition) is 3. The summed E-state index contributed by atoms with van der Waals surface area (Å²) in [7, 11) is 0. The zero-order valence-corrected chi connectivity index (χ0v) is 10.4. The molecule has 0 bridgehead atoms. The van der Waals surface area contributed by atoms with Crippen molar-refractivity contribution in [3.63, 3.8) is 0 Å². The van der Waals surface area contributed by atoms with Gasteiger partial charge in [0.2, 0.25) is 0 Å². The van der Waals surface area contributed by atoms with E-state index in [0.29, 0.717) is 12.0 Å². The molecule has 0 amide bonds. The zero-order chi connectivity index (χ0) is 10.0. The Morgan fingerprint density at radius 2 is 2.20 bits per heavy atom. The van der Waals surface area contributed by atoms with E-state index in [1.54, 1.807) is 0 Å². The molecular formula is C11H22ClNO2. The number of halogens is 1. The Hall–Kier alpha value is 0.170. The van der Waals surface area contributed by atoms with Crippen LogP contribution in [0.4, 0.5) is 0 Å². The fourth-order valence-corrected chi connectivity index (χ4v) is 2.55. The third-order valence-corrected chi connectivity index (χ3v) is 3.14. The van der Waals surface area contributed by atoms with Crippen molar-refractivity contribution < 1.29 is 9.47 Å². The quantitative estimate of drug-likeness (QED) is 0.794. The highest BCUT2D eigenvalue weighted by Gasteiger charge is 2.35. The molecular weight excluding hydrogens is 214 g/mol. The van der Waals surface area contributed by atoms with E-state index in [0.717, 1.165) is 26.2 Å². The highest BCUT2D eigenvalue weighted by Crippen LogP contribution is 2.28. The second-order valence-electron chi connectivity index (χ2n) is 4.87. The minimum Gasteiger partial charge on any atom is -0.381 e. The molecule has 0 aromatic heterocycles. The first kappa shape index (κ1) is 13.2. The Morgan fingerprint density at radius 1 is 1.40 bits per heavy atom. The van der Waals surface area contributed by atoms with Crippen molar-refractivity contribution >= 4 is 12.4 Å². The van der Waals surface area contributed by atoms with Crippen molar-refractivity contribution in [1.82, 2.24) is 5.32 Å². The van der Waals surface area contributed by atoms with Gasteiger partial charge in [-0.2, -0.15) is 0 Å². The van der Waals surface area contributed by atoms with Gasteiger partial charge in [-0.15, -0.1) is 12.4 Å². The first-order chi connectivity index (χ1) is 6.68. The first-order valence-electron chi connectivity index (χ1n) is 5.67. The lowest BCUT2D eigenvalue weighted by Crippen LogP contribution is -2.43. The normalized spacial score (nSPS) is 41.2. The van der Waals surface area contributed by atoms with Crippen molar-refractivity contribution in [1.29, 1.82) is 0 Å². The molecule has 1 N–H and O–H groups in total. The summed E-state index contributed by atoms with van der Waals surface area (Å²) in [4.78, 5) is 0. The number of nitrogens with one attached hydrogen (secondary N) is 1. The van der Waals surface area contributed by atoms with Gasteiger partial charge >= 0.3 is 0 Å². The molecule has 2 aliphatic heterocycles. The number of rotatable bonds is 2. The van der Waals surface area contributed by atoms with Crippen LogP contribution in [0.1, 0.15) is 33.1 Å². The summed E-state index contributed by atoms with van der Waals surface area (Å²) in [6, 6.07) is 0.490. The predicted octanol–water partition coefficient (Wildman–Crippen LogP) is 1.95. The van der Waals surface area contributed by atoms with Crippen LogP contribution in [0.15, 0.2) is 0 Å². The van der Waals surface area contributed by atoms with Gasteiger partial charge < -0.3 is 9.47 Å². The standard InChI is InChI=1S/C11H21NO2.ClH/c1-9-7-14-11(2,12-9)6-10-4-3-5-13-8-10;/h9-10,12H,3-8H2,1-2H3;1H. The summed E-state index contributed by atoms with van der Waals surface area (Å²) in [5, 5.41) is 3.50. The molecule has 0 aromatic carbocycles. The van der Waals surface area contributed by atoms with Gasteiger partial charge in [0.25, 0.3) is 0 Å². The van der Waals surface area contributed by atoms with Crippen molar-refractivity contribution in [3.05, 3.63) is 0 Å². The predicted molar refractivity (Wildman–Crippen MR) is 62.4 cm³/mol. The summed E-state index contributed by atoms with van der Waals surface area (Å²) < 4.78 is 11.3. The summed E-state index contributed by atoms with van der Waals surface area (Å²) in [5.41, 5.74) is -0.106. The molecule has 2 saturated heterocycles. The lowest BCUT2D eigenvalue weighted by Gasteiger charge is -2.31. The topological polar surface area (TPSA) is 30.5 Å². The highest BCUT2D eigenvalue weighted by atomic mass is 35.5. The first-order valence-corrected chi connectivity index (χ1v) is 5.67. The van der Waals surface area contributed by atoms with Crippen LogP contribution in [0, 0.1) is 5.92 Å². The van der Waals surface area contributed by atoms with Crippen LogP contribution in [0.2, 0.25) is 0 Å². The van der Waals surface area contributed by atoms with Crippen LogP contribution >= 0.6 is 12.4 Å². The Bertz CT molecular complexity index is 197. The Morgan fingerprint density at radius 3 is 2.73 bits per heavy atom. The molecule has 3 unspecified atom stereocenters. The smallest absolute Gasteiger partial charge is 0.117 e. The van der Waals surface area contributed by atoms with E-state index in [-0.39, 0.29) is 18.1 Å². The second kappa shape index (κ2) is 5.48. The Labute approximate surface area is 98.3 Å². The zero-order valence-electron chi connectivity index (χ0n) is 9.62. The van der Waals surface area contributed by atoms with Crippen LogP contribution in [0.3, 0.4) is 0 Å². The molecule has 4 heteroatoms. The molecule has 2 rings (SSSR count). The molecule has 3 atom stereocenters. The van der Waals surface area contributed by atoms with E-state index in [2.05, 4.69) is 19.2 Å². The van der Waals surface area contributed by atoms with Crippen LogP contribution in [-0.4, -0.2) is 31.6 Å². The monoisotopic (exact) mass is 235 g/mol. The molecule has 0 aliphatic carbocycles. The van der Waals surface area contributed by atoms with Gasteiger partial charge in [-0.25, -0.2) is 0 Å². The lowest BCUT2D eigenvalue weighted by atomic mass is 9.93. The van der Waals surface area contributed by atoms with E-state index in [4.69, 9.17) is 9.47 Å². The van der Waals surface area contributed by atoms with Gasteiger partial charge in [0.15, 0.2) is 0 Å². The maximum Gasteiger partial charge on any atom is 0.117 e. The van der Waals surface area contributed by atoms with E-state index in [1.807, 2.05) is 0 Å². The third kappa shape index (κ3) is 3.59. The third-order valence-electron chi connectivity index (χ3n) is 3.14. The molecule has 15 heavy (non-hydrogen) atoms. The molecule has 0 spiro atoms. The molecule has 2 aliphatic rings. The minimum atomic E-state index is -0.106. The molecule has 3 nitrogen and oxygen atoms in total. The fourth-order valence-electron chi connectivity index (χ4n) is 2.55. The van der Waals surface area contributed by atoms with Gasteiger partial charge in [-0.1, -0.05) is 0 Å². The van der Waals surface area contributed by atoms with Gasteiger partial charge in [0.05, 0.1) is 6.61 Å². The van der Waals surface area contributed by atoms with E-state index < -0.39 is 0 Å². The summed E-state index contributed by atoms with van der Waals surface area (Å²) >= 11 is 0. The van der Waals surface area contributed by atoms with Crippen molar-refractivity contribution in [2.75, 3.05) is 19.8 Å². The van der Waals surface area contributed by atoms with Gasteiger partial charge in [0, 0.05) is 19.3 Å². The lowest BCUT2D eigenvalue weighted by molar-refractivity contribution is -0.0388. The van der Waals surface area contributed by atoms with E-state index in [1.165, 1.54) is 12.8 Å². The largest absolute Gasteiger partial charge is 0.381 e. The van der Waals surface area contributed by atoms with Crippen molar-refractivity contribution in [2.45, 2.75) is 44.9 Å². The fraction of sp³-hybridized carbons (Fsp3) is 1.00. The maximum atomic E-state index is 5.79. The van der Waals surface area contributed by atoms with Crippen LogP contribution in [0.5, 0.6) is 0 Å². The van der Waals surface area contributed by atoms with Crippen LogP contribution in [0.25, 0.3) is 0 Å². The maximum absolute atomic E-state index is 5.79. The van der Waals surface area contributed by atoms with Gasteiger partial charge in [-0.05, 0) is 39.0 Å². The van der Waals surface area contributed by atoms with Crippen molar-refractivity contribution in [3.8, 4) is 0 Å².